The summed E-state index contributed by atoms with van der Waals surface area (Å²) >= 11 is 0. The van der Waals surface area contributed by atoms with Crippen LogP contribution in [0.5, 0.6) is 0 Å². The molecule has 108 valence electrons. The van der Waals surface area contributed by atoms with Gasteiger partial charge >= 0.3 is 12.1 Å². The number of nitrogens with zero attached hydrogens (tertiary/aromatic N) is 3. The molecule has 0 atom stereocenters. The van der Waals surface area contributed by atoms with Crippen LogP contribution in [0.1, 0.15) is 36.5 Å². The second-order valence-corrected chi connectivity index (χ2v) is 4.53. The average molecular weight is 281 g/mol. The van der Waals surface area contributed by atoms with Gasteiger partial charge in [-0.25, -0.2) is 9.48 Å². The summed E-state index contributed by atoms with van der Waals surface area (Å²) < 4.78 is 44.1. The van der Waals surface area contributed by atoms with E-state index in [9.17, 15) is 18.0 Å². The number of carboxylic acids is 1. The highest BCUT2D eigenvalue weighted by Crippen LogP contribution is 2.31. The van der Waals surface area contributed by atoms with Gasteiger partial charge in [0.05, 0.1) is 5.60 Å². The number of aryl methyl sites for hydroxylation is 1. The average Bonchev–Trinajstić information content (AvgIpc) is 2.70. The smallest absolute Gasteiger partial charge is 0.435 e. The molecule has 0 saturated carbocycles. The quantitative estimate of drug-likeness (QED) is 0.890. The van der Waals surface area contributed by atoms with Gasteiger partial charge in [-0.3, -0.25) is 0 Å². The zero-order chi connectivity index (χ0) is 14.8. The maximum Gasteiger partial charge on any atom is 0.435 e. The molecule has 19 heavy (non-hydrogen) atoms. The van der Waals surface area contributed by atoms with Crippen molar-refractivity contribution >= 4 is 5.97 Å². The Kier molecular flexibility index (Phi) is 4.18. The number of hydrogen-bond donors (Lipinski definition) is 1. The molecule has 6 nitrogen and oxygen atoms in total. The molecule has 0 bridgehead atoms. The zero-order valence-corrected chi connectivity index (χ0v) is 10.7. The van der Waals surface area contributed by atoms with Crippen LogP contribution in [0.3, 0.4) is 0 Å². The summed E-state index contributed by atoms with van der Waals surface area (Å²) in [6, 6.07) is 0. The first-order valence-corrected chi connectivity index (χ1v) is 5.37. The molecule has 1 aromatic heterocycles. The number of alkyl halides is 3. The molecule has 0 aliphatic carbocycles. The van der Waals surface area contributed by atoms with E-state index in [-0.39, 0.29) is 13.0 Å². The molecule has 0 saturated heterocycles. The lowest BCUT2D eigenvalue weighted by atomic mass is 10.1. The van der Waals surface area contributed by atoms with Crippen molar-refractivity contribution in [2.75, 3.05) is 7.11 Å². The van der Waals surface area contributed by atoms with Crippen molar-refractivity contribution in [3.63, 3.8) is 0 Å². The third-order valence-electron chi connectivity index (χ3n) is 2.68. The molecule has 0 unspecified atom stereocenters. The van der Waals surface area contributed by atoms with Gasteiger partial charge in [-0.15, -0.1) is 5.10 Å². The van der Waals surface area contributed by atoms with Crippen molar-refractivity contribution in [1.29, 1.82) is 0 Å². The lowest BCUT2D eigenvalue weighted by molar-refractivity contribution is -0.145. The van der Waals surface area contributed by atoms with Crippen LogP contribution in [0.15, 0.2) is 0 Å². The number of carboxylic acid groups (broad SMARTS) is 1. The maximum atomic E-state index is 12.8. The third kappa shape index (κ3) is 3.66. The number of hydrogen-bond acceptors (Lipinski definition) is 4. The van der Waals surface area contributed by atoms with E-state index < -0.39 is 29.1 Å². The van der Waals surface area contributed by atoms with Gasteiger partial charge in [-0.1, -0.05) is 5.21 Å². The van der Waals surface area contributed by atoms with Crippen molar-refractivity contribution < 1.29 is 27.8 Å². The van der Waals surface area contributed by atoms with E-state index in [1.807, 2.05) is 0 Å². The summed E-state index contributed by atoms with van der Waals surface area (Å²) in [5, 5.41) is 15.0. The summed E-state index contributed by atoms with van der Waals surface area (Å²) in [6.07, 6.45) is -4.59. The molecule has 0 radical (unpaired) electrons. The van der Waals surface area contributed by atoms with E-state index in [0.29, 0.717) is 4.68 Å². The van der Waals surface area contributed by atoms with E-state index >= 15 is 0 Å². The molecule has 0 aliphatic heterocycles. The molecule has 0 fully saturated rings. The maximum absolute atomic E-state index is 12.8. The minimum Gasteiger partial charge on any atom is -0.476 e. The number of rotatable bonds is 5. The molecule has 9 heteroatoms. The van der Waals surface area contributed by atoms with Crippen LogP contribution in [0.4, 0.5) is 13.2 Å². The van der Waals surface area contributed by atoms with E-state index in [1.54, 1.807) is 13.8 Å². The van der Waals surface area contributed by atoms with Crippen LogP contribution in [0.25, 0.3) is 0 Å². The number of ether oxygens (including phenoxy) is 1. The van der Waals surface area contributed by atoms with Gasteiger partial charge in [0.1, 0.15) is 0 Å². The van der Waals surface area contributed by atoms with Gasteiger partial charge in [0, 0.05) is 13.7 Å². The molecular formula is C10H14F3N3O3. The van der Waals surface area contributed by atoms with Crippen LogP contribution < -0.4 is 0 Å². The zero-order valence-electron chi connectivity index (χ0n) is 10.7. The van der Waals surface area contributed by atoms with E-state index in [0.717, 1.165) is 0 Å². The normalized spacial score (nSPS) is 12.7. The Morgan fingerprint density at radius 2 is 2.00 bits per heavy atom. The predicted octanol–water partition coefficient (Wildman–Crippen LogP) is 1.81. The molecular weight excluding hydrogens is 267 g/mol. The Morgan fingerprint density at radius 1 is 1.42 bits per heavy atom. The fourth-order valence-electron chi connectivity index (χ4n) is 1.37. The van der Waals surface area contributed by atoms with Crippen molar-refractivity contribution in [2.45, 2.75) is 38.6 Å². The standard InChI is InChI=1S/C10H14F3N3O3/c1-9(2,19-3)4-5-16-7(10(11,12)13)6(8(17)18)14-15-16/h4-5H2,1-3H3,(H,17,18). The predicted molar refractivity (Wildman–Crippen MR) is 57.7 cm³/mol. The molecule has 0 aliphatic rings. The lowest BCUT2D eigenvalue weighted by Crippen LogP contribution is -2.26. The summed E-state index contributed by atoms with van der Waals surface area (Å²) in [5.41, 5.74) is -3.09. The Hall–Kier alpha value is -1.64. The third-order valence-corrected chi connectivity index (χ3v) is 2.68. The number of aromatic carboxylic acids is 1. The first-order chi connectivity index (χ1) is 8.58. The number of methoxy groups -OCH3 is 1. The van der Waals surface area contributed by atoms with Crippen LogP contribution in [0, 0.1) is 0 Å². The van der Waals surface area contributed by atoms with Crippen molar-refractivity contribution in [3.05, 3.63) is 11.4 Å². The second-order valence-electron chi connectivity index (χ2n) is 4.53. The Bertz CT molecular complexity index is 468. The summed E-state index contributed by atoms with van der Waals surface area (Å²) in [6.45, 7) is 3.26. The highest BCUT2D eigenvalue weighted by Gasteiger charge is 2.41. The molecule has 1 aromatic rings. The number of halogens is 3. The van der Waals surface area contributed by atoms with E-state index in [2.05, 4.69) is 10.3 Å². The Morgan fingerprint density at radius 3 is 2.42 bits per heavy atom. The molecule has 0 aromatic carbocycles. The fraction of sp³-hybridized carbons (Fsp3) is 0.700. The van der Waals surface area contributed by atoms with Crippen LogP contribution in [-0.2, 0) is 17.5 Å². The second kappa shape index (κ2) is 5.16. The first kappa shape index (κ1) is 15.4. The lowest BCUT2D eigenvalue weighted by Gasteiger charge is -2.23. The SMILES string of the molecule is COC(C)(C)CCn1nnc(C(=O)O)c1C(F)(F)F. The minimum atomic E-state index is -4.82. The summed E-state index contributed by atoms with van der Waals surface area (Å²) in [5.74, 6) is -1.76. The molecule has 1 heterocycles. The van der Waals surface area contributed by atoms with Gasteiger partial charge in [-0.05, 0) is 20.3 Å². The Balaban J connectivity index is 3.06. The topological polar surface area (TPSA) is 77.2 Å². The Labute approximate surface area is 107 Å². The van der Waals surface area contributed by atoms with Crippen molar-refractivity contribution in [1.82, 2.24) is 15.0 Å². The van der Waals surface area contributed by atoms with Gasteiger partial charge in [-0.2, -0.15) is 13.2 Å². The largest absolute Gasteiger partial charge is 0.476 e. The van der Waals surface area contributed by atoms with Gasteiger partial charge in [0.25, 0.3) is 0 Å². The van der Waals surface area contributed by atoms with Crippen LogP contribution in [-0.4, -0.2) is 38.8 Å². The summed E-state index contributed by atoms with van der Waals surface area (Å²) in [4.78, 5) is 10.7. The minimum absolute atomic E-state index is 0.143. The van der Waals surface area contributed by atoms with Crippen molar-refractivity contribution in [3.8, 4) is 0 Å². The van der Waals surface area contributed by atoms with E-state index in [1.165, 1.54) is 7.11 Å². The fourth-order valence-corrected chi connectivity index (χ4v) is 1.37. The van der Waals surface area contributed by atoms with Gasteiger partial charge < -0.3 is 9.84 Å². The molecule has 1 rings (SSSR count). The number of aromatic nitrogens is 3. The molecule has 0 spiro atoms. The molecule has 0 amide bonds. The van der Waals surface area contributed by atoms with Gasteiger partial charge in [0.2, 0.25) is 5.69 Å². The van der Waals surface area contributed by atoms with Gasteiger partial charge in [0.15, 0.2) is 5.69 Å². The highest BCUT2D eigenvalue weighted by molar-refractivity contribution is 5.86. The van der Waals surface area contributed by atoms with Crippen LogP contribution in [0.2, 0.25) is 0 Å². The van der Waals surface area contributed by atoms with E-state index in [4.69, 9.17) is 9.84 Å². The van der Waals surface area contributed by atoms with Crippen LogP contribution >= 0.6 is 0 Å². The molecule has 1 N–H and O–H groups in total. The first-order valence-electron chi connectivity index (χ1n) is 5.37. The monoisotopic (exact) mass is 281 g/mol. The van der Waals surface area contributed by atoms with Crippen molar-refractivity contribution in [2.24, 2.45) is 0 Å². The number of carbonyl (C=O) groups is 1. The highest BCUT2D eigenvalue weighted by atomic mass is 19.4. The summed E-state index contributed by atoms with van der Waals surface area (Å²) in [7, 11) is 1.44.